The molecule has 0 aliphatic rings. The molecule has 0 aromatic carbocycles. The van der Waals surface area contributed by atoms with E-state index in [0.717, 1.165) is 32.1 Å². The molecule has 2 N–H and O–H groups in total. The van der Waals surface area contributed by atoms with Gasteiger partial charge in [-0.15, -0.1) is 6.58 Å². The van der Waals surface area contributed by atoms with Crippen molar-refractivity contribution in [2.75, 3.05) is 39.6 Å². The van der Waals surface area contributed by atoms with Crippen LogP contribution >= 0.6 is 0 Å². The topological polar surface area (TPSA) is 89.8 Å². The summed E-state index contributed by atoms with van der Waals surface area (Å²) in [5.74, 6) is -1.20. The molecule has 22 heavy (non-hydrogen) atoms. The van der Waals surface area contributed by atoms with E-state index >= 15 is 0 Å². The number of hydrogen-bond acceptors (Lipinski definition) is 5. The largest absolute Gasteiger partial charge is 0.544 e. The van der Waals surface area contributed by atoms with Crippen LogP contribution < -0.4 is 5.11 Å². The van der Waals surface area contributed by atoms with Gasteiger partial charge >= 0.3 is 0 Å². The predicted octanol–water partition coefficient (Wildman–Crippen LogP) is 0.0368. The molecule has 0 heterocycles. The van der Waals surface area contributed by atoms with Crippen molar-refractivity contribution in [1.29, 1.82) is 0 Å². The molecule has 0 saturated carbocycles. The number of nitrogens with zero attached hydrogens (tertiary/aromatic N) is 1. The Bertz CT molecular complexity index is 303. The zero-order valence-corrected chi connectivity index (χ0v) is 13.7. The average molecular weight is 317 g/mol. The molecule has 0 aromatic rings. The van der Waals surface area contributed by atoms with Crippen LogP contribution in [0.4, 0.5) is 0 Å². The van der Waals surface area contributed by atoms with E-state index in [9.17, 15) is 20.1 Å². The Kier molecular flexibility index (Phi) is 12.0. The van der Waals surface area contributed by atoms with Crippen LogP contribution in [0.2, 0.25) is 0 Å². The third-order valence-electron chi connectivity index (χ3n) is 4.05. The number of aliphatic hydroxyl groups is 2. The lowest BCUT2D eigenvalue weighted by molar-refractivity contribution is -0.960. The van der Waals surface area contributed by atoms with E-state index in [1.54, 1.807) is 0 Å². The zero-order chi connectivity index (χ0) is 16.8. The highest BCUT2D eigenvalue weighted by Gasteiger charge is 2.34. The van der Waals surface area contributed by atoms with Crippen molar-refractivity contribution in [3.05, 3.63) is 12.7 Å². The number of hydrogen-bond donors (Lipinski definition) is 2. The minimum absolute atomic E-state index is 0.0220. The molecule has 0 bridgehead atoms. The summed E-state index contributed by atoms with van der Waals surface area (Å²) in [6, 6.07) is -0.841. The van der Waals surface area contributed by atoms with Gasteiger partial charge in [0.15, 0.2) is 6.73 Å². The highest BCUT2D eigenvalue weighted by atomic mass is 16.5. The molecule has 0 aliphatic carbocycles. The summed E-state index contributed by atoms with van der Waals surface area (Å²) in [5, 5.41) is 29.6. The summed E-state index contributed by atoms with van der Waals surface area (Å²) in [7, 11) is 0. The maximum atomic E-state index is 11.2. The summed E-state index contributed by atoms with van der Waals surface area (Å²) in [6.45, 7) is 6.02. The standard InChI is InChI=1S/C16H31NO5/c1-3-4-5-6-7-8-13-22-14-17(9-11-18,10-12-19)15(2)16(20)21/h3,15,18-19H,1,4-14H2,2H3. The van der Waals surface area contributed by atoms with Gasteiger partial charge in [-0.25, -0.2) is 0 Å². The summed E-state index contributed by atoms with van der Waals surface area (Å²) in [5.41, 5.74) is 0. The summed E-state index contributed by atoms with van der Waals surface area (Å²) >= 11 is 0. The Morgan fingerprint density at radius 3 is 2.32 bits per heavy atom. The first-order chi connectivity index (χ1) is 10.5. The lowest BCUT2D eigenvalue weighted by Crippen LogP contribution is -2.63. The number of ether oxygens (including phenoxy) is 1. The Morgan fingerprint density at radius 1 is 1.23 bits per heavy atom. The maximum absolute atomic E-state index is 11.2. The van der Waals surface area contributed by atoms with Gasteiger partial charge in [-0.1, -0.05) is 18.9 Å². The number of unbranched alkanes of at least 4 members (excludes halogenated alkanes) is 4. The number of carboxylic acids is 1. The Balaban J connectivity index is 4.28. The van der Waals surface area contributed by atoms with Gasteiger partial charge in [0.1, 0.15) is 19.1 Å². The predicted molar refractivity (Wildman–Crippen MR) is 82.7 cm³/mol. The van der Waals surface area contributed by atoms with Gasteiger partial charge in [-0.2, -0.15) is 0 Å². The number of aliphatic carboxylic acids is 1. The highest BCUT2D eigenvalue weighted by Crippen LogP contribution is 2.14. The van der Waals surface area contributed by atoms with Crippen molar-refractivity contribution in [3.63, 3.8) is 0 Å². The second-order valence-corrected chi connectivity index (χ2v) is 5.64. The summed E-state index contributed by atoms with van der Waals surface area (Å²) in [4.78, 5) is 11.2. The van der Waals surface area contributed by atoms with Gasteiger partial charge in [-0.3, -0.25) is 4.48 Å². The van der Waals surface area contributed by atoms with E-state index in [4.69, 9.17) is 4.74 Å². The summed E-state index contributed by atoms with van der Waals surface area (Å²) in [6.07, 6.45) is 7.15. The number of carbonyl (C=O) groups is 1. The van der Waals surface area contributed by atoms with Gasteiger partial charge < -0.3 is 24.9 Å². The van der Waals surface area contributed by atoms with E-state index in [0.29, 0.717) is 6.61 Å². The lowest BCUT2D eigenvalue weighted by Gasteiger charge is -2.42. The first-order valence-electron chi connectivity index (χ1n) is 8.01. The quantitative estimate of drug-likeness (QED) is 0.193. The first-order valence-corrected chi connectivity index (χ1v) is 8.01. The monoisotopic (exact) mass is 317 g/mol. The number of quaternary nitrogens is 1. The van der Waals surface area contributed by atoms with Crippen molar-refractivity contribution in [3.8, 4) is 0 Å². The lowest BCUT2D eigenvalue weighted by atomic mass is 10.1. The smallest absolute Gasteiger partial charge is 0.183 e. The van der Waals surface area contributed by atoms with E-state index in [1.165, 1.54) is 6.92 Å². The minimum Gasteiger partial charge on any atom is -0.544 e. The number of rotatable bonds is 15. The van der Waals surface area contributed by atoms with Crippen molar-refractivity contribution in [2.45, 2.75) is 45.1 Å². The number of carboxylic acid groups (broad SMARTS) is 1. The zero-order valence-electron chi connectivity index (χ0n) is 13.7. The minimum atomic E-state index is -1.20. The Labute approximate surface area is 133 Å². The maximum Gasteiger partial charge on any atom is 0.183 e. The fraction of sp³-hybridized carbons (Fsp3) is 0.812. The van der Waals surface area contributed by atoms with Crippen LogP contribution in [0.5, 0.6) is 0 Å². The van der Waals surface area contributed by atoms with Crippen molar-refractivity contribution in [1.82, 2.24) is 0 Å². The van der Waals surface area contributed by atoms with Crippen LogP contribution in [0.25, 0.3) is 0 Å². The molecule has 0 aliphatic heterocycles. The van der Waals surface area contributed by atoms with E-state index in [2.05, 4.69) is 6.58 Å². The third kappa shape index (κ3) is 7.89. The van der Waals surface area contributed by atoms with E-state index < -0.39 is 12.0 Å². The van der Waals surface area contributed by atoms with Crippen molar-refractivity contribution in [2.24, 2.45) is 0 Å². The molecule has 0 rings (SSSR count). The van der Waals surface area contributed by atoms with Crippen molar-refractivity contribution >= 4 is 5.97 Å². The molecule has 0 amide bonds. The molecule has 0 saturated heterocycles. The highest BCUT2D eigenvalue weighted by molar-refractivity contribution is 5.69. The third-order valence-corrected chi connectivity index (χ3v) is 4.05. The SMILES string of the molecule is C=CCCCCCCOC[N+](CCO)(CCO)C(C)C(=O)[O-]. The fourth-order valence-electron chi connectivity index (χ4n) is 2.45. The number of carbonyl (C=O) groups excluding carboxylic acids is 1. The van der Waals surface area contributed by atoms with Crippen LogP contribution in [0.15, 0.2) is 12.7 Å². The van der Waals surface area contributed by atoms with Gasteiger partial charge in [-0.05, 0) is 26.2 Å². The number of aliphatic hydroxyl groups excluding tert-OH is 2. The van der Waals surface area contributed by atoms with Crippen molar-refractivity contribution < 1.29 is 29.3 Å². The molecule has 0 radical (unpaired) electrons. The van der Waals surface area contributed by atoms with Crippen LogP contribution in [-0.4, -0.2) is 66.3 Å². The van der Waals surface area contributed by atoms with Gasteiger partial charge in [0, 0.05) is 0 Å². The fourth-order valence-corrected chi connectivity index (χ4v) is 2.45. The first kappa shape index (κ1) is 21.0. The molecule has 0 spiro atoms. The Hall–Kier alpha value is -0.950. The summed E-state index contributed by atoms with van der Waals surface area (Å²) < 4.78 is 5.60. The molecule has 0 aromatic heterocycles. The van der Waals surface area contributed by atoms with Crippen LogP contribution in [0, 0.1) is 0 Å². The van der Waals surface area contributed by atoms with Gasteiger partial charge in [0.05, 0.1) is 25.8 Å². The van der Waals surface area contributed by atoms with Crippen LogP contribution in [0.1, 0.15) is 39.0 Å². The molecule has 1 unspecified atom stereocenters. The molecule has 6 heteroatoms. The molecular weight excluding hydrogens is 286 g/mol. The molecule has 0 fully saturated rings. The molecule has 1 atom stereocenters. The normalized spacial score (nSPS) is 13.0. The van der Waals surface area contributed by atoms with Crippen LogP contribution in [0.3, 0.4) is 0 Å². The second kappa shape index (κ2) is 12.6. The van der Waals surface area contributed by atoms with Gasteiger partial charge in [0.2, 0.25) is 0 Å². The molecular formula is C16H31NO5. The molecule has 6 nitrogen and oxygen atoms in total. The van der Waals surface area contributed by atoms with Gasteiger partial charge in [0.25, 0.3) is 0 Å². The van der Waals surface area contributed by atoms with Crippen LogP contribution in [-0.2, 0) is 9.53 Å². The molecule has 130 valence electrons. The number of allylic oxidation sites excluding steroid dienone is 1. The van der Waals surface area contributed by atoms with E-state index in [1.807, 2.05) is 6.08 Å². The Morgan fingerprint density at radius 2 is 1.82 bits per heavy atom. The van der Waals surface area contributed by atoms with E-state index in [-0.39, 0.29) is 37.5 Å². The average Bonchev–Trinajstić information content (AvgIpc) is 2.49. The second-order valence-electron chi connectivity index (χ2n) is 5.64.